The first-order valence-corrected chi connectivity index (χ1v) is 15.5. The van der Waals surface area contributed by atoms with Gasteiger partial charge in [-0.25, -0.2) is 8.42 Å². The zero-order chi connectivity index (χ0) is 26.0. The molecular formula is C29H40ClN3O4S. The molecule has 2 aromatic carbocycles. The minimum atomic E-state index is -3.35. The molecule has 0 spiro atoms. The lowest BCUT2D eigenvalue weighted by Gasteiger charge is -2.38. The Labute approximate surface area is 233 Å². The van der Waals surface area contributed by atoms with Crippen LogP contribution in [0, 0.1) is 11.8 Å². The predicted octanol–water partition coefficient (Wildman–Crippen LogP) is 5.48. The molecule has 5 rings (SSSR count). The molecule has 3 fully saturated rings. The highest BCUT2D eigenvalue weighted by atomic mass is 35.5. The molecular weight excluding hydrogens is 522 g/mol. The third-order valence-electron chi connectivity index (χ3n) is 8.48. The van der Waals surface area contributed by atoms with Gasteiger partial charge < -0.3 is 10.5 Å². The van der Waals surface area contributed by atoms with Crippen LogP contribution in [0.15, 0.2) is 48.5 Å². The van der Waals surface area contributed by atoms with Gasteiger partial charge in [-0.3, -0.25) is 14.0 Å². The minimum absolute atomic E-state index is 0. The highest BCUT2D eigenvalue weighted by molar-refractivity contribution is 7.92. The van der Waals surface area contributed by atoms with Crippen LogP contribution in [-0.2, 0) is 21.4 Å². The Bertz CT molecular complexity index is 1170. The van der Waals surface area contributed by atoms with Crippen LogP contribution in [0.1, 0.15) is 63.4 Å². The fraction of sp³-hybridized carbons (Fsp3) is 0.552. The summed E-state index contributed by atoms with van der Waals surface area (Å²) in [5, 5.41) is 0. The first-order valence-electron chi connectivity index (χ1n) is 13.7. The van der Waals surface area contributed by atoms with Crippen LogP contribution in [0.3, 0.4) is 0 Å². The lowest BCUT2D eigenvalue weighted by Crippen LogP contribution is -2.45. The summed E-state index contributed by atoms with van der Waals surface area (Å²) in [4.78, 5) is 14.2. The average Bonchev–Trinajstić information content (AvgIpc) is 3.09. The van der Waals surface area contributed by atoms with Crippen molar-refractivity contribution in [1.82, 2.24) is 4.90 Å². The number of rotatable bonds is 9. The topological polar surface area (TPSA) is 92.9 Å². The SMILES string of the molecule is CS(=O)(=O)N(CC1CCCCC1)c1ccc(Oc2ccc(CN3C4CCC3CC(C(N)=O)C4)cc2)cc1.Cl. The van der Waals surface area contributed by atoms with Crippen LogP contribution >= 0.6 is 12.4 Å². The number of halogens is 1. The largest absolute Gasteiger partial charge is 0.457 e. The van der Waals surface area contributed by atoms with E-state index in [2.05, 4.69) is 17.0 Å². The van der Waals surface area contributed by atoms with Gasteiger partial charge in [-0.15, -0.1) is 12.4 Å². The van der Waals surface area contributed by atoms with Gasteiger partial charge in [0.15, 0.2) is 0 Å². The number of sulfonamides is 1. The molecule has 2 aliphatic heterocycles. The van der Waals surface area contributed by atoms with Gasteiger partial charge in [-0.1, -0.05) is 31.4 Å². The van der Waals surface area contributed by atoms with Crippen LogP contribution in [0.5, 0.6) is 11.5 Å². The Morgan fingerprint density at radius 3 is 2.00 bits per heavy atom. The van der Waals surface area contributed by atoms with Crippen molar-refractivity contribution < 1.29 is 17.9 Å². The number of piperidine rings is 1. The molecule has 38 heavy (non-hydrogen) atoms. The van der Waals surface area contributed by atoms with E-state index in [9.17, 15) is 13.2 Å². The summed E-state index contributed by atoms with van der Waals surface area (Å²) in [6, 6.07) is 16.4. The van der Waals surface area contributed by atoms with Gasteiger partial charge >= 0.3 is 0 Å². The summed E-state index contributed by atoms with van der Waals surface area (Å²) in [6.45, 7) is 1.42. The lowest BCUT2D eigenvalue weighted by molar-refractivity contribution is -0.124. The summed E-state index contributed by atoms with van der Waals surface area (Å²) in [6.07, 6.45) is 11.1. The third-order valence-corrected chi connectivity index (χ3v) is 9.65. The number of carbonyl (C=O) groups excluding carboxylic acids is 1. The molecule has 1 saturated carbocycles. The maximum absolute atomic E-state index is 12.5. The molecule has 3 aliphatic rings. The monoisotopic (exact) mass is 561 g/mol. The standard InChI is InChI=1S/C29H39N3O4S.ClH/c1-37(34,35)32(20-21-5-3-2-4-6-21)24-11-15-28(16-12-24)36-27-13-7-22(8-14-27)19-31-25-9-10-26(31)18-23(17-25)29(30)33;/h7-8,11-16,21,23,25-26H,2-6,9-10,17-20H2,1H3,(H2,30,33);1H. The average molecular weight is 562 g/mol. The smallest absolute Gasteiger partial charge is 0.232 e. The van der Waals surface area contributed by atoms with E-state index in [0.29, 0.717) is 36.0 Å². The zero-order valence-corrected chi connectivity index (χ0v) is 23.8. The number of anilines is 1. The second-order valence-corrected chi connectivity index (χ2v) is 13.1. The van der Waals surface area contributed by atoms with E-state index < -0.39 is 10.0 Å². The van der Waals surface area contributed by atoms with Crippen molar-refractivity contribution in [2.45, 2.75) is 76.4 Å². The number of fused-ring (bicyclic) bond motifs is 2. The first kappa shape index (κ1) is 28.7. The fourth-order valence-corrected chi connectivity index (χ4v) is 7.48. The van der Waals surface area contributed by atoms with E-state index in [1.54, 1.807) is 4.31 Å². The van der Waals surface area contributed by atoms with Crippen molar-refractivity contribution in [1.29, 1.82) is 0 Å². The molecule has 9 heteroatoms. The molecule has 2 heterocycles. The Kier molecular flexibility index (Phi) is 9.27. The predicted molar refractivity (Wildman–Crippen MR) is 153 cm³/mol. The van der Waals surface area contributed by atoms with Crippen LogP contribution in [0.25, 0.3) is 0 Å². The normalized spacial score (nSPS) is 24.0. The lowest BCUT2D eigenvalue weighted by atomic mass is 9.89. The number of nitrogens with zero attached hydrogens (tertiary/aromatic N) is 2. The van der Waals surface area contributed by atoms with Gasteiger partial charge in [-0.05, 0) is 86.4 Å². The van der Waals surface area contributed by atoms with Crippen molar-refractivity contribution in [3.63, 3.8) is 0 Å². The number of ether oxygens (including phenoxy) is 1. The molecule has 208 valence electrons. The van der Waals surface area contributed by atoms with E-state index in [1.807, 2.05) is 36.4 Å². The Morgan fingerprint density at radius 1 is 0.921 bits per heavy atom. The first-order chi connectivity index (χ1) is 17.8. The van der Waals surface area contributed by atoms with E-state index >= 15 is 0 Å². The number of amides is 1. The summed E-state index contributed by atoms with van der Waals surface area (Å²) in [5.74, 6) is 1.71. The van der Waals surface area contributed by atoms with Gasteiger partial charge in [0, 0.05) is 31.1 Å². The summed E-state index contributed by atoms with van der Waals surface area (Å²) >= 11 is 0. The third kappa shape index (κ3) is 6.82. The molecule has 2 bridgehead atoms. The number of hydrogen-bond donors (Lipinski definition) is 1. The second kappa shape index (κ2) is 12.3. The minimum Gasteiger partial charge on any atom is -0.457 e. The van der Waals surface area contributed by atoms with Gasteiger partial charge in [-0.2, -0.15) is 0 Å². The van der Waals surface area contributed by atoms with E-state index in [0.717, 1.165) is 50.8 Å². The molecule has 7 nitrogen and oxygen atoms in total. The quantitative estimate of drug-likeness (QED) is 0.438. The van der Waals surface area contributed by atoms with Crippen LogP contribution in [-0.4, -0.2) is 44.1 Å². The number of benzene rings is 2. The molecule has 1 amide bonds. The molecule has 2 N–H and O–H groups in total. The van der Waals surface area contributed by atoms with Crippen molar-refractivity contribution in [2.24, 2.45) is 17.6 Å². The summed E-state index contributed by atoms with van der Waals surface area (Å²) < 4.78 is 32.6. The van der Waals surface area contributed by atoms with Gasteiger partial charge in [0.1, 0.15) is 11.5 Å². The maximum Gasteiger partial charge on any atom is 0.232 e. The van der Waals surface area contributed by atoms with Gasteiger partial charge in [0.25, 0.3) is 0 Å². The summed E-state index contributed by atoms with van der Waals surface area (Å²) in [7, 11) is -3.35. The van der Waals surface area contributed by atoms with Crippen molar-refractivity contribution in [2.75, 3.05) is 17.1 Å². The van der Waals surface area contributed by atoms with Crippen LogP contribution in [0.4, 0.5) is 5.69 Å². The van der Waals surface area contributed by atoms with Crippen molar-refractivity contribution in [3.8, 4) is 11.5 Å². The Morgan fingerprint density at radius 2 is 1.47 bits per heavy atom. The Balaban J connectivity index is 0.00000336. The molecule has 2 aromatic rings. The molecule has 0 radical (unpaired) electrons. The number of primary amides is 1. The number of nitrogens with two attached hydrogens (primary N) is 1. The van der Waals surface area contributed by atoms with Crippen molar-refractivity contribution >= 4 is 34.0 Å². The molecule has 2 unspecified atom stereocenters. The molecule has 1 aliphatic carbocycles. The number of carbonyl (C=O) groups is 1. The molecule has 0 aromatic heterocycles. The van der Waals surface area contributed by atoms with Crippen LogP contribution < -0.4 is 14.8 Å². The van der Waals surface area contributed by atoms with Crippen molar-refractivity contribution in [3.05, 3.63) is 54.1 Å². The second-order valence-electron chi connectivity index (χ2n) is 11.2. The zero-order valence-electron chi connectivity index (χ0n) is 22.1. The van der Waals surface area contributed by atoms with E-state index in [4.69, 9.17) is 10.5 Å². The number of hydrogen-bond acceptors (Lipinski definition) is 5. The summed E-state index contributed by atoms with van der Waals surface area (Å²) in [5.41, 5.74) is 7.49. The Hall–Kier alpha value is -2.29. The molecule has 2 atom stereocenters. The van der Waals surface area contributed by atoms with E-state index in [1.165, 1.54) is 31.1 Å². The van der Waals surface area contributed by atoms with Gasteiger partial charge in [0.05, 0.1) is 11.9 Å². The van der Waals surface area contributed by atoms with E-state index in [-0.39, 0.29) is 24.2 Å². The fourth-order valence-electron chi connectivity index (χ4n) is 6.49. The highest BCUT2D eigenvalue weighted by Gasteiger charge is 2.42. The van der Waals surface area contributed by atoms with Crippen LogP contribution in [0.2, 0.25) is 0 Å². The maximum atomic E-state index is 12.5. The molecule has 2 saturated heterocycles. The highest BCUT2D eigenvalue weighted by Crippen LogP contribution is 2.39. The van der Waals surface area contributed by atoms with Gasteiger partial charge in [0.2, 0.25) is 15.9 Å².